The first-order valence-corrected chi connectivity index (χ1v) is 18.3. The zero-order valence-electron chi connectivity index (χ0n) is 30.9. The molecule has 1 aliphatic heterocycles. The van der Waals surface area contributed by atoms with E-state index in [-0.39, 0.29) is 25.3 Å². The van der Waals surface area contributed by atoms with Gasteiger partial charge in [0.05, 0.1) is 21.3 Å². The molecule has 0 aromatic heterocycles. The van der Waals surface area contributed by atoms with E-state index in [1.807, 2.05) is 48.5 Å². The maximum atomic E-state index is 14.2. The number of hydrogen-bond donors (Lipinski definition) is 5. The minimum atomic E-state index is -1.12. The fourth-order valence-electron chi connectivity index (χ4n) is 7.14. The summed E-state index contributed by atoms with van der Waals surface area (Å²) in [5.41, 5.74) is 8.91. The average molecular weight is 759 g/mol. The number of hydrogen-bond acceptors (Lipinski definition) is 8. The summed E-state index contributed by atoms with van der Waals surface area (Å²) >= 11 is 5.52. The van der Waals surface area contributed by atoms with Crippen LogP contribution in [0.1, 0.15) is 50.2 Å². The number of halogens is 1. The van der Waals surface area contributed by atoms with Gasteiger partial charge in [-0.25, -0.2) is 4.79 Å². The van der Waals surface area contributed by atoms with E-state index in [2.05, 4.69) is 37.9 Å². The molecule has 286 valence electrons. The number of nitrogens with two attached hydrogens (primary N) is 1. The lowest BCUT2D eigenvalue weighted by atomic mass is 9.86. The number of aliphatic imine (C=N–C) groups is 1. The van der Waals surface area contributed by atoms with E-state index in [1.165, 1.54) is 14.0 Å². The molecule has 4 bridgehead atoms. The highest BCUT2D eigenvalue weighted by Crippen LogP contribution is 2.48. The van der Waals surface area contributed by atoms with Crippen LogP contribution in [0.5, 0.6) is 11.5 Å². The summed E-state index contributed by atoms with van der Waals surface area (Å²) in [5, 5.41) is 12.2. The highest BCUT2D eigenvalue weighted by Gasteiger charge is 2.32. The molecular formula is C40H47ClN6O7. The third-order valence-electron chi connectivity index (χ3n) is 9.59. The Labute approximate surface area is 319 Å². The molecular weight excluding hydrogens is 712 g/mol. The van der Waals surface area contributed by atoms with Gasteiger partial charge in [-0.2, -0.15) is 0 Å². The van der Waals surface area contributed by atoms with Gasteiger partial charge in [0.1, 0.15) is 29.6 Å². The van der Waals surface area contributed by atoms with Crippen molar-refractivity contribution in [2.24, 2.45) is 10.7 Å². The minimum absolute atomic E-state index is 0.00631. The van der Waals surface area contributed by atoms with Crippen molar-refractivity contribution in [3.63, 3.8) is 0 Å². The molecule has 0 saturated heterocycles. The predicted octanol–water partition coefficient (Wildman–Crippen LogP) is 4.43. The van der Waals surface area contributed by atoms with Crippen molar-refractivity contribution in [2.45, 2.75) is 70.0 Å². The van der Waals surface area contributed by atoms with Crippen LogP contribution in [0.4, 0.5) is 0 Å². The van der Waals surface area contributed by atoms with Crippen LogP contribution in [-0.4, -0.2) is 75.7 Å². The number of aryl methyl sites for hydroxylation is 1. The number of nitrogens with one attached hydrogen (secondary N) is 4. The Morgan fingerprint density at radius 1 is 0.889 bits per heavy atom. The Morgan fingerprint density at radius 3 is 2.09 bits per heavy atom. The van der Waals surface area contributed by atoms with Crippen molar-refractivity contribution in [3.05, 3.63) is 71.8 Å². The van der Waals surface area contributed by atoms with Crippen LogP contribution < -0.4 is 36.0 Å². The summed E-state index contributed by atoms with van der Waals surface area (Å²) in [4.78, 5) is 59.9. The van der Waals surface area contributed by atoms with Gasteiger partial charge in [-0.15, -0.1) is 0 Å². The molecule has 0 aliphatic carbocycles. The van der Waals surface area contributed by atoms with Gasteiger partial charge < -0.3 is 35.9 Å². The monoisotopic (exact) mass is 758 g/mol. The largest absolute Gasteiger partial charge is 0.496 e. The van der Waals surface area contributed by atoms with E-state index in [0.717, 1.165) is 38.2 Å². The number of esters is 1. The van der Waals surface area contributed by atoms with Crippen molar-refractivity contribution in [1.82, 2.24) is 20.8 Å². The quantitative estimate of drug-likeness (QED) is 0.0571. The van der Waals surface area contributed by atoms with Gasteiger partial charge in [0.15, 0.2) is 0 Å². The standard InChI is InChI=1S/C40H47ClN6O7/c1-23(48)44-32-22-27-21-25-13-6-9-16-29(25)34(36(27)53-3)33-28-15-8-5-12-24(28)20-26(35(33)52-2)14-7-10-17-31(39(51)54-4)46-37(49)30(45-38(32)50)18-11-19-43-40(42)47-41/h5-6,8-9,12-13,15-16,20-21,30-32H,7,10-11,14,17-19,22H2,1-4H3,(H,44,48)(H,45,50)(H,46,49)(H3,42,43,47)/t30-,31+,32?/m1/s1. The molecule has 4 aromatic carbocycles. The predicted molar refractivity (Wildman–Crippen MR) is 209 cm³/mol. The molecule has 13 nitrogen and oxygen atoms in total. The molecule has 4 aromatic rings. The third-order valence-corrected chi connectivity index (χ3v) is 9.78. The van der Waals surface area contributed by atoms with E-state index >= 15 is 0 Å². The van der Waals surface area contributed by atoms with Crippen LogP contribution in [0.15, 0.2) is 65.7 Å². The molecule has 54 heavy (non-hydrogen) atoms. The second-order valence-corrected chi connectivity index (χ2v) is 13.4. The van der Waals surface area contributed by atoms with Gasteiger partial charge >= 0.3 is 5.97 Å². The lowest BCUT2D eigenvalue weighted by molar-refractivity contribution is -0.145. The average Bonchev–Trinajstić information content (AvgIpc) is 3.17. The number of benzene rings is 4. The number of rotatable bonds is 8. The number of carbonyl (C=O) groups is 4. The molecule has 0 spiro atoms. The van der Waals surface area contributed by atoms with E-state index in [0.29, 0.717) is 49.2 Å². The second kappa shape index (κ2) is 18.5. The van der Waals surface area contributed by atoms with Crippen molar-refractivity contribution in [3.8, 4) is 22.6 Å². The van der Waals surface area contributed by atoms with Gasteiger partial charge in [0.2, 0.25) is 23.7 Å². The summed E-state index contributed by atoms with van der Waals surface area (Å²) in [6.45, 7) is 1.53. The van der Waals surface area contributed by atoms with Gasteiger partial charge in [0, 0.05) is 42.8 Å². The number of guanidine groups is 1. The Balaban J connectivity index is 1.71. The van der Waals surface area contributed by atoms with E-state index in [4.69, 9.17) is 31.7 Å². The van der Waals surface area contributed by atoms with Crippen LogP contribution in [0, 0.1) is 0 Å². The molecule has 0 saturated carbocycles. The fraction of sp³-hybridized carbons (Fsp3) is 0.375. The highest BCUT2D eigenvalue weighted by molar-refractivity contribution is 6.21. The van der Waals surface area contributed by atoms with E-state index in [9.17, 15) is 19.2 Å². The molecule has 14 heteroatoms. The Morgan fingerprint density at radius 2 is 1.50 bits per heavy atom. The molecule has 3 atom stereocenters. The van der Waals surface area contributed by atoms with Crippen LogP contribution >= 0.6 is 11.8 Å². The van der Waals surface area contributed by atoms with Crippen molar-refractivity contribution in [2.75, 3.05) is 27.9 Å². The number of nitrogens with zero attached hydrogens (tertiary/aromatic N) is 1. The number of fused-ring (bicyclic) bond motifs is 9. The van der Waals surface area contributed by atoms with Gasteiger partial charge in [-0.1, -0.05) is 55.0 Å². The van der Waals surface area contributed by atoms with Crippen molar-refractivity contribution >= 4 is 63.0 Å². The lowest BCUT2D eigenvalue weighted by Crippen LogP contribution is -2.56. The molecule has 5 rings (SSSR count). The van der Waals surface area contributed by atoms with Gasteiger partial charge in [0.25, 0.3) is 0 Å². The molecule has 6 N–H and O–H groups in total. The smallest absolute Gasteiger partial charge is 0.328 e. The zero-order chi connectivity index (χ0) is 38.8. The number of amides is 3. The number of methoxy groups -OCH3 is 3. The summed E-state index contributed by atoms with van der Waals surface area (Å²) in [6.07, 6.45) is 2.64. The number of ether oxygens (including phenoxy) is 3. The SMILES string of the molecule is COC(=O)[C@@H]1CCCCc2cc3ccccc3c(c2OC)-c2c(OC)c(cc3ccccc23)CC(NC(C)=O)C(=O)N[C@H](CCCN=C(N)NCl)C(=O)N1. The minimum Gasteiger partial charge on any atom is -0.496 e. The topological polar surface area (TPSA) is 182 Å². The molecule has 0 radical (unpaired) electrons. The molecule has 0 fully saturated rings. The first-order valence-electron chi connectivity index (χ1n) is 17.9. The third kappa shape index (κ3) is 9.14. The Hall–Kier alpha value is -5.56. The fourth-order valence-corrected chi connectivity index (χ4v) is 7.20. The van der Waals surface area contributed by atoms with Crippen LogP contribution in [-0.2, 0) is 36.8 Å². The molecule has 1 aliphatic rings. The van der Waals surface area contributed by atoms with Crippen molar-refractivity contribution < 1.29 is 33.4 Å². The molecule has 1 heterocycles. The van der Waals surface area contributed by atoms with Crippen LogP contribution in [0.25, 0.3) is 32.7 Å². The van der Waals surface area contributed by atoms with Gasteiger partial charge in [-0.05, 0) is 76.9 Å². The Kier molecular flexibility index (Phi) is 13.6. The zero-order valence-corrected chi connectivity index (χ0v) is 31.7. The van der Waals surface area contributed by atoms with Gasteiger partial charge in [-0.3, -0.25) is 24.2 Å². The summed E-state index contributed by atoms with van der Waals surface area (Å²) in [7, 11) is 4.50. The first kappa shape index (κ1) is 39.6. The number of carbonyl (C=O) groups excluding carboxylic acids is 4. The normalized spacial score (nSPS) is 18.5. The van der Waals surface area contributed by atoms with E-state index < -0.39 is 41.8 Å². The lowest BCUT2D eigenvalue weighted by Gasteiger charge is -2.26. The highest BCUT2D eigenvalue weighted by atomic mass is 35.5. The summed E-state index contributed by atoms with van der Waals surface area (Å²) in [6, 6.07) is 16.9. The maximum Gasteiger partial charge on any atom is 0.328 e. The summed E-state index contributed by atoms with van der Waals surface area (Å²) in [5.74, 6) is -1.02. The Bertz CT molecular complexity index is 2050. The second-order valence-electron chi connectivity index (χ2n) is 13.2. The maximum absolute atomic E-state index is 14.2. The first-order chi connectivity index (χ1) is 26.1. The molecule has 3 amide bonds. The van der Waals surface area contributed by atoms with Crippen molar-refractivity contribution in [1.29, 1.82) is 0 Å². The molecule has 1 unspecified atom stereocenters. The summed E-state index contributed by atoms with van der Waals surface area (Å²) < 4.78 is 17.5. The van der Waals surface area contributed by atoms with Crippen LogP contribution in [0.3, 0.4) is 0 Å². The van der Waals surface area contributed by atoms with Crippen LogP contribution in [0.2, 0.25) is 0 Å². The van der Waals surface area contributed by atoms with E-state index in [1.54, 1.807) is 14.2 Å².